The molecule has 4 aliphatic heterocycles. The van der Waals surface area contributed by atoms with Crippen molar-refractivity contribution in [3.05, 3.63) is 217 Å². The summed E-state index contributed by atoms with van der Waals surface area (Å²) in [6.45, 7) is 18.7. The third-order valence-electron chi connectivity index (χ3n) is 20.7. The highest BCUT2D eigenvalue weighted by Gasteiger charge is 2.37. The molecule has 8 bridgehead atoms. The Hall–Kier alpha value is -4.58. The number of thioether (sulfide) groups is 14. The number of nitrogens with one attached hydrogen (secondary N) is 2. The van der Waals surface area contributed by atoms with Crippen LogP contribution in [0.1, 0.15) is 122 Å². The van der Waals surface area contributed by atoms with Crippen LogP contribution in [0.5, 0.6) is 0 Å². The standard InChI is InChI=1S/C88H82N8S16/c1-13-49-57-59(51(15-3)67(103-43-47-37-29-23-30-38-47)65(49)101-41-45-33-25-21-26-34-45)75-90-73(57)89-74-58-50(14-2)66(102-42-46-35-27-22-28-36-46)68(104-44-48-39-31-24-32-40-48)52(16-4)60(58)76(91-74)93-78-62-54(18-6)70-72(108-86(106-70)88-111-83(99-11)84(100-12)112-88)56(20-8)64(62)80(95-78)96-79-63-55(19-7)71-69(53(17-5)61(63)77(92-75)94-79)105-85(107-71)87-109-81(97-9)82(98-10)110-87/h21-40H,13-20,41-44H2,1-12H3,(H2,89,90,91,92,93,94,95,96). The molecule has 4 aliphatic rings. The maximum absolute atomic E-state index is 6.23. The SMILES string of the molecule is CCc1c(SCc2ccccc2)c(SCc2ccccc2)c(CC)c2c1-c1nc-2nc2[nH]c(nc3nc(nc4[nH]c(n1)c1c(CC)c(SCc5ccccc5)c(SCc5ccccc5)c(CC)c41)c1c(CC)c4sc(=C5SC(SC)=C(SC)S5)sc4c(CC)c31)c1c(CC)c3c(c(CC)c21)SC(=C1SC(SC)=C(SC)S1)S3. The molecule has 112 heavy (non-hydrogen) atoms. The monoisotopic (exact) mass is 1760 g/mol. The smallest absolute Gasteiger partial charge is 0.165 e. The van der Waals surface area contributed by atoms with Crippen molar-refractivity contribution in [1.82, 2.24) is 39.9 Å². The highest BCUT2D eigenvalue weighted by Crippen LogP contribution is 2.66. The summed E-state index contributed by atoms with van der Waals surface area (Å²) in [6.07, 6.45) is 15.0. The molecule has 8 nitrogen and oxygen atoms in total. The molecule has 13 aromatic rings. The molecule has 0 saturated heterocycles. The van der Waals surface area contributed by atoms with Crippen molar-refractivity contribution < 1.29 is 0 Å². The number of hydrogen-bond acceptors (Lipinski definition) is 22. The van der Waals surface area contributed by atoms with E-state index < -0.39 is 0 Å². The van der Waals surface area contributed by atoms with Crippen LogP contribution in [0.2, 0.25) is 0 Å². The molecule has 0 radical (unpaired) electrons. The number of aromatic nitrogens is 8. The molecule has 0 aliphatic carbocycles. The number of aromatic amines is 2. The Bertz CT molecular complexity index is 6210. The Morgan fingerprint density at radius 2 is 0.589 bits per heavy atom. The second kappa shape index (κ2) is 35.2. The second-order valence-corrected chi connectivity index (χ2v) is 44.4. The lowest BCUT2D eigenvalue weighted by Gasteiger charge is -2.22. The maximum atomic E-state index is 6.23. The fraction of sp³-hybridized carbons (Fsp3) is 0.273. The van der Waals surface area contributed by atoms with Gasteiger partial charge in [-0.2, -0.15) is 0 Å². The maximum Gasteiger partial charge on any atom is 0.165 e. The zero-order valence-electron chi connectivity index (χ0n) is 64.2. The quantitative estimate of drug-likeness (QED) is 0.0560. The van der Waals surface area contributed by atoms with E-state index in [4.69, 9.17) is 29.9 Å². The fourth-order valence-corrected chi connectivity index (χ4v) is 37.7. The molecule has 24 heteroatoms. The number of hydrogen-bond donors (Lipinski definition) is 2. The summed E-state index contributed by atoms with van der Waals surface area (Å²) in [5.41, 5.74) is 21.7. The highest BCUT2D eigenvalue weighted by molar-refractivity contribution is 8.46. The molecule has 0 atom stereocenters. The van der Waals surface area contributed by atoms with Gasteiger partial charge in [-0.1, -0.05) is 247 Å². The number of nitrogens with zero attached hydrogens (tertiary/aromatic N) is 6. The van der Waals surface area contributed by atoms with Crippen LogP contribution >= 0.6 is 187 Å². The van der Waals surface area contributed by atoms with E-state index in [1.54, 1.807) is 0 Å². The largest absolute Gasteiger partial charge is 0.324 e. The average molecular weight is 1760 g/mol. The first-order chi connectivity index (χ1) is 55.0. The Balaban J connectivity index is 1.07. The number of aryl methyl sites for hydroxylation is 6. The van der Waals surface area contributed by atoms with E-state index in [1.165, 1.54) is 139 Å². The third kappa shape index (κ3) is 14.7. The lowest BCUT2D eigenvalue weighted by molar-refractivity contribution is 0.980. The Kier molecular flexibility index (Phi) is 25.1. The van der Waals surface area contributed by atoms with Gasteiger partial charge in [0.15, 0.2) is 22.9 Å². The van der Waals surface area contributed by atoms with Gasteiger partial charge in [0, 0.05) is 95.8 Å². The zero-order valence-corrected chi connectivity index (χ0v) is 77.3. The van der Waals surface area contributed by atoms with Gasteiger partial charge in [0.25, 0.3) is 0 Å². The molecule has 0 unspecified atom stereocenters. The molecule has 5 aromatic heterocycles. The Morgan fingerprint density at radius 3 is 0.911 bits per heavy atom. The van der Waals surface area contributed by atoms with Gasteiger partial charge >= 0.3 is 0 Å². The Morgan fingerprint density at radius 1 is 0.295 bits per heavy atom. The molecule has 9 heterocycles. The molecule has 17 rings (SSSR count). The first-order valence-corrected chi connectivity index (χ1v) is 53.3. The minimum atomic E-state index is 0.659. The molecule has 0 saturated carbocycles. The molecule has 2 N–H and O–H groups in total. The third-order valence-corrected chi connectivity index (χ3v) is 42.7. The van der Waals surface area contributed by atoms with E-state index in [0.29, 0.717) is 22.9 Å². The first-order valence-electron chi connectivity index (χ1n) is 37.9. The van der Waals surface area contributed by atoms with E-state index >= 15 is 0 Å². The lowest BCUT2D eigenvalue weighted by atomic mass is 9.93. The minimum Gasteiger partial charge on any atom is -0.324 e. The summed E-state index contributed by atoms with van der Waals surface area (Å²) in [4.78, 5) is 53.0. The molecule has 8 aromatic carbocycles. The molecule has 570 valence electrons. The van der Waals surface area contributed by atoms with Crippen LogP contribution in [0, 0.1) is 0 Å². The van der Waals surface area contributed by atoms with Gasteiger partial charge in [-0.3, -0.25) is 0 Å². The number of rotatable bonds is 24. The van der Waals surface area contributed by atoms with Crippen LogP contribution in [-0.4, -0.2) is 64.9 Å². The van der Waals surface area contributed by atoms with Crippen molar-refractivity contribution in [3.8, 4) is 22.8 Å². The van der Waals surface area contributed by atoms with Gasteiger partial charge in [0.1, 0.15) is 26.4 Å². The van der Waals surface area contributed by atoms with Gasteiger partial charge < -0.3 is 9.97 Å². The molecule has 0 amide bonds. The van der Waals surface area contributed by atoms with Gasteiger partial charge in [-0.05, 0) is 143 Å². The van der Waals surface area contributed by atoms with Crippen molar-refractivity contribution >= 4 is 267 Å². The fourth-order valence-electron chi connectivity index (χ4n) is 15.7. The average Bonchev–Trinajstić information content (AvgIpc) is 1.56. The summed E-state index contributed by atoms with van der Waals surface area (Å²) < 4.78 is 13.6. The van der Waals surface area contributed by atoms with Crippen molar-refractivity contribution in [3.63, 3.8) is 0 Å². The van der Waals surface area contributed by atoms with Crippen molar-refractivity contribution in [2.45, 2.75) is 159 Å². The van der Waals surface area contributed by atoms with Gasteiger partial charge in [0.05, 0.1) is 39.1 Å². The summed E-state index contributed by atoms with van der Waals surface area (Å²) >= 11 is 30.8. The lowest BCUT2D eigenvalue weighted by Crippen LogP contribution is -2.03. The normalized spacial score (nSPS) is 14.1. The Labute approximate surface area is 723 Å². The van der Waals surface area contributed by atoms with Crippen LogP contribution in [-0.2, 0) is 74.4 Å². The number of fused-ring (bicyclic) bond motifs is 22. The van der Waals surface area contributed by atoms with E-state index in [-0.39, 0.29) is 0 Å². The highest BCUT2D eigenvalue weighted by atomic mass is 32.3. The first kappa shape index (κ1) is 79.9. The van der Waals surface area contributed by atoms with Crippen LogP contribution in [0.15, 0.2) is 176 Å². The zero-order chi connectivity index (χ0) is 77.0. The number of benzene rings is 8. The summed E-state index contributed by atoms with van der Waals surface area (Å²) in [7, 11) is 0. The van der Waals surface area contributed by atoms with Crippen molar-refractivity contribution in [1.29, 1.82) is 0 Å². The van der Waals surface area contributed by atoms with Crippen LogP contribution in [0.25, 0.3) is 103 Å². The molecular weight excluding hydrogens is 1680 g/mol. The summed E-state index contributed by atoms with van der Waals surface area (Å²) in [5, 5.41) is 6.51. The predicted octanol–water partition coefficient (Wildman–Crippen LogP) is 29.2. The van der Waals surface area contributed by atoms with E-state index in [1.807, 2.05) is 187 Å². The predicted molar refractivity (Wildman–Crippen MR) is 515 cm³/mol. The van der Waals surface area contributed by atoms with Crippen LogP contribution in [0.3, 0.4) is 0 Å². The van der Waals surface area contributed by atoms with E-state index in [0.717, 1.165) is 140 Å². The molecule has 0 fully saturated rings. The van der Waals surface area contributed by atoms with Gasteiger partial charge in [0.2, 0.25) is 0 Å². The minimum absolute atomic E-state index is 0.659. The molecular formula is C88H82N8S16. The van der Waals surface area contributed by atoms with E-state index in [2.05, 4.69) is 212 Å². The van der Waals surface area contributed by atoms with Crippen molar-refractivity contribution in [2.75, 3.05) is 25.0 Å². The van der Waals surface area contributed by atoms with Crippen LogP contribution < -0.4 is 3.85 Å². The van der Waals surface area contributed by atoms with Crippen molar-refractivity contribution in [2.24, 2.45) is 0 Å². The topological polar surface area (TPSA) is 109 Å². The second-order valence-electron chi connectivity index (χ2n) is 26.9. The summed E-state index contributed by atoms with van der Waals surface area (Å²) in [5.74, 6) is 4.56. The number of H-pyrrole nitrogens is 2. The van der Waals surface area contributed by atoms with E-state index in [9.17, 15) is 0 Å². The van der Waals surface area contributed by atoms with Gasteiger partial charge in [-0.25, -0.2) is 29.9 Å². The molecule has 0 spiro atoms. The van der Waals surface area contributed by atoms with Gasteiger partial charge in [-0.15, -0.1) is 117 Å². The summed E-state index contributed by atoms with van der Waals surface area (Å²) in [6, 6.07) is 44.0. The van der Waals surface area contributed by atoms with Crippen LogP contribution in [0.4, 0.5) is 0 Å².